The van der Waals surface area contributed by atoms with Crippen LogP contribution in [-0.4, -0.2) is 15.8 Å². The van der Waals surface area contributed by atoms with Crippen LogP contribution in [-0.2, 0) is 13.1 Å². The molecule has 1 aliphatic carbocycles. The Morgan fingerprint density at radius 3 is 2.75 bits per heavy atom. The van der Waals surface area contributed by atoms with Crippen LogP contribution in [0.5, 0.6) is 0 Å². The maximum absolute atomic E-state index is 4.62. The zero-order chi connectivity index (χ0) is 14.1. The van der Waals surface area contributed by atoms with E-state index in [1.54, 1.807) is 0 Å². The lowest BCUT2D eigenvalue weighted by Crippen LogP contribution is -2.15. The second-order valence-electron chi connectivity index (χ2n) is 5.72. The molecule has 1 saturated carbocycles. The lowest BCUT2D eigenvalue weighted by Gasteiger charge is -2.07. The van der Waals surface area contributed by atoms with Gasteiger partial charge in [0, 0.05) is 30.4 Å². The fraction of sp³-hybridized carbons (Fsp3) is 0.471. The van der Waals surface area contributed by atoms with Crippen molar-refractivity contribution in [3.63, 3.8) is 0 Å². The SMILES string of the molecule is CCn1nc(C)c(-c2cccc(CNC3CC3)c2)c1C. The average molecular weight is 269 g/mol. The Kier molecular flexibility index (Phi) is 3.62. The van der Waals surface area contributed by atoms with Crippen LogP contribution in [0.15, 0.2) is 24.3 Å². The molecule has 1 aliphatic rings. The molecule has 1 fully saturated rings. The molecule has 2 aromatic rings. The van der Waals surface area contributed by atoms with Crippen LogP contribution in [0, 0.1) is 13.8 Å². The molecule has 3 rings (SSSR count). The summed E-state index contributed by atoms with van der Waals surface area (Å²) in [5.74, 6) is 0. The summed E-state index contributed by atoms with van der Waals surface area (Å²) >= 11 is 0. The largest absolute Gasteiger partial charge is 0.310 e. The molecule has 0 aliphatic heterocycles. The second-order valence-corrected chi connectivity index (χ2v) is 5.72. The van der Waals surface area contributed by atoms with Gasteiger partial charge in [-0.25, -0.2) is 0 Å². The molecule has 0 unspecified atom stereocenters. The van der Waals surface area contributed by atoms with E-state index in [4.69, 9.17) is 0 Å². The number of aromatic nitrogens is 2. The molecular weight excluding hydrogens is 246 g/mol. The highest BCUT2D eigenvalue weighted by molar-refractivity contribution is 5.69. The summed E-state index contributed by atoms with van der Waals surface area (Å²) in [6, 6.07) is 9.60. The van der Waals surface area contributed by atoms with E-state index in [1.807, 2.05) is 0 Å². The third kappa shape index (κ3) is 2.63. The third-order valence-electron chi connectivity index (χ3n) is 4.07. The number of hydrogen-bond acceptors (Lipinski definition) is 2. The normalized spacial score (nSPS) is 14.8. The standard InChI is InChI=1S/C17H23N3/c1-4-20-13(3)17(12(2)19-20)15-7-5-6-14(10-15)11-18-16-8-9-16/h5-7,10,16,18H,4,8-9,11H2,1-3H3. The highest BCUT2D eigenvalue weighted by atomic mass is 15.3. The summed E-state index contributed by atoms with van der Waals surface area (Å²) in [6.07, 6.45) is 2.67. The summed E-state index contributed by atoms with van der Waals surface area (Å²) in [4.78, 5) is 0. The van der Waals surface area contributed by atoms with E-state index in [0.29, 0.717) is 0 Å². The molecular formula is C17H23N3. The highest BCUT2D eigenvalue weighted by Crippen LogP contribution is 2.28. The van der Waals surface area contributed by atoms with E-state index in [-0.39, 0.29) is 0 Å². The van der Waals surface area contributed by atoms with Crippen molar-refractivity contribution < 1.29 is 0 Å². The maximum atomic E-state index is 4.62. The van der Waals surface area contributed by atoms with Crippen LogP contribution in [0.3, 0.4) is 0 Å². The predicted molar refractivity (Wildman–Crippen MR) is 82.7 cm³/mol. The molecule has 0 amide bonds. The first-order valence-corrected chi connectivity index (χ1v) is 7.55. The molecule has 106 valence electrons. The van der Waals surface area contributed by atoms with Crippen LogP contribution >= 0.6 is 0 Å². The van der Waals surface area contributed by atoms with Crippen LogP contribution < -0.4 is 5.32 Å². The Morgan fingerprint density at radius 1 is 1.30 bits per heavy atom. The molecule has 3 heteroatoms. The van der Waals surface area contributed by atoms with Gasteiger partial charge in [0.15, 0.2) is 0 Å². The zero-order valence-corrected chi connectivity index (χ0v) is 12.6. The Hall–Kier alpha value is -1.61. The summed E-state index contributed by atoms with van der Waals surface area (Å²) in [5.41, 5.74) is 6.32. The van der Waals surface area contributed by atoms with Gasteiger partial charge >= 0.3 is 0 Å². The number of nitrogens with one attached hydrogen (secondary N) is 1. The molecule has 0 radical (unpaired) electrons. The van der Waals surface area contributed by atoms with Crippen molar-refractivity contribution in [2.24, 2.45) is 0 Å². The zero-order valence-electron chi connectivity index (χ0n) is 12.6. The molecule has 0 spiro atoms. The van der Waals surface area contributed by atoms with Gasteiger partial charge in [-0.3, -0.25) is 4.68 Å². The van der Waals surface area contributed by atoms with Crippen LogP contribution in [0.25, 0.3) is 11.1 Å². The fourth-order valence-electron chi connectivity index (χ4n) is 2.81. The van der Waals surface area contributed by atoms with E-state index in [0.717, 1.165) is 24.8 Å². The Balaban J connectivity index is 1.89. The van der Waals surface area contributed by atoms with E-state index in [9.17, 15) is 0 Å². The summed E-state index contributed by atoms with van der Waals surface area (Å²) in [5, 5.41) is 8.20. The van der Waals surface area contributed by atoms with Gasteiger partial charge in [0.1, 0.15) is 0 Å². The molecule has 20 heavy (non-hydrogen) atoms. The number of rotatable bonds is 5. The van der Waals surface area contributed by atoms with Crippen molar-refractivity contribution >= 4 is 0 Å². The number of nitrogens with zero attached hydrogens (tertiary/aromatic N) is 2. The van der Waals surface area contributed by atoms with Crippen LogP contribution in [0.1, 0.15) is 36.7 Å². The van der Waals surface area contributed by atoms with Crippen molar-refractivity contribution in [1.29, 1.82) is 0 Å². The van der Waals surface area contributed by atoms with Gasteiger partial charge in [0.25, 0.3) is 0 Å². The molecule has 1 heterocycles. The molecule has 1 aromatic carbocycles. The lowest BCUT2D eigenvalue weighted by atomic mass is 10.0. The van der Waals surface area contributed by atoms with Gasteiger partial charge in [-0.15, -0.1) is 0 Å². The van der Waals surface area contributed by atoms with Crippen LogP contribution in [0.4, 0.5) is 0 Å². The monoisotopic (exact) mass is 269 g/mol. The van der Waals surface area contributed by atoms with Gasteiger partial charge in [-0.05, 0) is 50.8 Å². The molecule has 0 bridgehead atoms. The maximum Gasteiger partial charge on any atom is 0.0674 e. The quantitative estimate of drug-likeness (QED) is 0.901. The highest BCUT2D eigenvalue weighted by Gasteiger charge is 2.20. The van der Waals surface area contributed by atoms with Crippen molar-refractivity contribution in [3.05, 3.63) is 41.2 Å². The number of aryl methyl sites for hydroxylation is 2. The smallest absolute Gasteiger partial charge is 0.0674 e. The van der Waals surface area contributed by atoms with Gasteiger partial charge in [0.05, 0.1) is 5.69 Å². The van der Waals surface area contributed by atoms with Crippen molar-refractivity contribution in [1.82, 2.24) is 15.1 Å². The van der Waals surface area contributed by atoms with Crippen molar-refractivity contribution in [2.75, 3.05) is 0 Å². The van der Waals surface area contributed by atoms with Gasteiger partial charge in [0.2, 0.25) is 0 Å². The van der Waals surface area contributed by atoms with E-state index in [2.05, 4.69) is 60.1 Å². The van der Waals surface area contributed by atoms with E-state index >= 15 is 0 Å². The van der Waals surface area contributed by atoms with Gasteiger partial charge in [-0.1, -0.05) is 18.2 Å². The minimum Gasteiger partial charge on any atom is -0.310 e. The molecule has 3 nitrogen and oxygen atoms in total. The predicted octanol–water partition coefficient (Wildman–Crippen LogP) is 3.44. The lowest BCUT2D eigenvalue weighted by molar-refractivity contribution is 0.634. The summed E-state index contributed by atoms with van der Waals surface area (Å²) < 4.78 is 2.08. The van der Waals surface area contributed by atoms with Crippen molar-refractivity contribution in [3.8, 4) is 11.1 Å². The first-order valence-electron chi connectivity index (χ1n) is 7.55. The van der Waals surface area contributed by atoms with Crippen LogP contribution in [0.2, 0.25) is 0 Å². The third-order valence-corrected chi connectivity index (χ3v) is 4.07. The van der Waals surface area contributed by atoms with E-state index < -0.39 is 0 Å². The molecule has 1 aromatic heterocycles. The Labute approximate surface area is 121 Å². The minimum absolute atomic E-state index is 0.755. The molecule has 1 N–H and O–H groups in total. The second kappa shape index (κ2) is 5.41. The number of hydrogen-bond donors (Lipinski definition) is 1. The Bertz CT molecular complexity index is 609. The topological polar surface area (TPSA) is 29.9 Å². The fourth-order valence-corrected chi connectivity index (χ4v) is 2.81. The summed E-state index contributed by atoms with van der Waals surface area (Å²) in [6.45, 7) is 8.30. The van der Waals surface area contributed by atoms with Gasteiger partial charge in [-0.2, -0.15) is 5.10 Å². The first-order chi connectivity index (χ1) is 9.69. The van der Waals surface area contributed by atoms with E-state index in [1.165, 1.54) is 35.2 Å². The van der Waals surface area contributed by atoms with Gasteiger partial charge < -0.3 is 5.32 Å². The summed E-state index contributed by atoms with van der Waals surface area (Å²) in [7, 11) is 0. The average Bonchev–Trinajstić information content (AvgIpc) is 3.23. The molecule has 0 atom stereocenters. The van der Waals surface area contributed by atoms with Crippen molar-refractivity contribution in [2.45, 2.75) is 52.7 Å². The molecule has 0 saturated heterocycles. The minimum atomic E-state index is 0.755. The Morgan fingerprint density at radius 2 is 2.10 bits per heavy atom. The first kappa shape index (κ1) is 13.4. The number of benzene rings is 1.